The molecule has 0 spiro atoms. The molecule has 0 bridgehead atoms. The van der Waals surface area contributed by atoms with Crippen LogP contribution in [0.3, 0.4) is 0 Å². The summed E-state index contributed by atoms with van der Waals surface area (Å²) in [6.45, 7) is 1.78. The molecule has 7 nitrogen and oxygen atoms in total. The van der Waals surface area contributed by atoms with Gasteiger partial charge in [-0.05, 0) is 43.3 Å². The van der Waals surface area contributed by atoms with Crippen molar-refractivity contribution in [3.8, 4) is 11.5 Å². The highest BCUT2D eigenvalue weighted by Gasteiger charge is 2.15. The third-order valence-corrected chi connectivity index (χ3v) is 4.77. The van der Waals surface area contributed by atoms with Crippen LogP contribution in [0.2, 0.25) is 0 Å². The fourth-order valence-electron chi connectivity index (χ4n) is 1.98. The number of benzene rings is 2. The first-order valence-corrected chi connectivity index (χ1v) is 9.15. The Balaban J connectivity index is 1.75. The topological polar surface area (TPSA) is 105 Å². The van der Waals surface area contributed by atoms with E-state index in [4.69, 9.17) is 4.74 Å². The van der Waals surface area contributed by atoms with Gasteiger partial charge in [0.15, 0.2) is 6.10 Å². The van der Waals surface area contributed by atoms with Crippen LogP contribution in [0, 0.1) is 0 Å². The van der Waals surface area contributed by atoms with Crippen molar-refractivity contribution in [2.24, 2.45) is 0 Å². The maximum atomic E-state index is 12.0. The zero-order valence-electron chi connectivity index (χ0n) is 13.7. The van der Waals surface area contributed by atoms with E-state index in [-0.39, 0.29) is 29.6 Å². The highest BCUT2D eigenvalue weighted by molar-refractivity contribution is 7.89. The molecular weight excluding hydrogens is 344 g/mol. The van der Waals surface area contributed by atoms with E-state index in [1.54, 1.807) is 37.3 Å². The van der Waals surface area contributed by atoms with E-state index in [0.29, 0.717) is 5.75 Å². The molecule has 134 valence electrons. The maximum absolute atomic E-state index is 12.0. The number of rotatable bonds is 8. The van der Waals surface area contributed by atoms with Crippen molar-refractivity contribution in [2.45, 2.75) is 17.9 Å². The van der Waals surface area contributed by atoms with Crippen LogP contribution in [0.4, 0.5) is 0 Å². The summed E-state index contributed by atoms with van der Waals surface area (Å²) in [6, 6.07) is 14.0. The van der Waals surface area contributed by atoms with Gasteiger partial charge in [-0.25, -0.2) is 13.1 Å². The van der Waals surface area contributed by atoms with E-state index in [1.807, 2.05) is 0 Å². The molecule has 2 rings (SSSR count). The van der Waals surface area contributed by atoms with E-state index in [0.717, 1.165) is 0 Å². The van der Waals surface area contributed by atoms with Crippen LogP contribution in [0.15, 0.2) is 59.5 Å². The van der Waals surface area contributed by atoms with Crippen molar-refractivity contribution in [3.05, 3.63) is 54.6 Å². The lowest BCUT2D eigenvalue weighted by atomic mass is 10.3. The van der Waals surface area contributed by atoms with Crippen LogP contribution in [-0.2, 0) is 14.8 Å². The first-order valence-electron chi connectivity index (χ1n) is 7.66. The molecule has 0 saturated heterocycles. The van der Waals surface area contributed by atoms with Crippen LogP contribution in [-0.4, -0.2) is 38.6 Å². The van der Waals surface area contributed by atoms with Crippen LogP contribution in [0.25, 0.3) is 0 Å². The van der Waals surface area contributed by atoms with E-state index in [9.17, 15) is 18.3 Å². The summed E-state index contributed by atoms with van der Waals surface area (Å²) in [5, 5.41) is 11.8. The summed E-state index contributed by atoms with van der Waals surface area (Å²) < 4.78 is 31.9. The Bertz CT molecular complexity index is 792. The highest BCUT2D eigenvalue weighted by atomic mass is 32.2. The summed E-state index contributed by atoms with van der Waals surface area (Å²) in [7, 11) is -3.59. The Morgan fingerprint density at radius 3 is 2.36 bits per heavy atom. The Morgan fingerprint density at radius 2 is 1.72 bits per heavy atom. The van der Waals surface area contributed by atoms with E-state index in [1.165, 1.54) is 24.3 Å². The minimum Gasteiger partial charge on any atom is -0.508 e. The lowest BCUT2D eigenvalue weighted by Gasteiger charge is -2.15. The maximum Gasteiger partial charge on any atom is 0.260 e. The molecule has 0 aromatic heterocycles. The van der Waals surface area contributed by atoms with Gasteiger partial charge in [-0.1, -0.05) is 18.2 Å². The van der Waals surface area contributed by atoms with Crippen molar-refractivity contribution in [2.75, 3.05) is 13.1 Å². The molecule has 0 heterocycles. The number of hydrogen-bond donors (Lipinski definition) is 3. The number of sulfonamides is 1. The van der Waals surface area contributed by atoms with E-state index in [2.05, 4.69) is 10.0 Å². The lowest BCUT2D eigenvalue weighted by molar-refractivity contribution is -0.127. The molecule has 0 fully saturated rings. The largest absolute Gasteiger partial charge is 0.508 e. The highest BCUT2D eigenvalue weighted by Crippen LogP contribution is 2.17. The third-order valence-electron chi connectivity index (χ3n) is 3.29. The first-order chi connectivity index (χ1) is 11.9. The van der Waals surface area contributed by atoms with Gasteiger partial charge < -0.3 is 15.2 Å². The Morgan fingerprint density at radius 1 is 1.08 bits per heavy atom. The molecule has 8 heteroatoms. The molecule has 1 amide bonds. The standard InChI is InChI=1S/C17H20N2O5S/c1-13(24-15-9-7-14(20)8-10-15)17(21)18-11-12-19-25(22,23)16-5-3-2-4-6-16/h2-10,13,19-20H,11-12H2,1H3,(H,18,21). The zero-order chi connectivity index (χ0) is 18.3. The van der Waals surface area contributed by atoms with Crippen LogP contribution in [0.5, 0.6) is 11.5 Å². The van der Waals surface area contributed by atoms with Crippen molar-refractivity contribution in [1.29, 1.82) is 0 Å². The fraction of sp³-hybridized carbons (Fsp3) is 0.235. The molecule has 2 aromatic rings. The Kier molecular flexibility index (Phi) is 6.37. The predicted octanol–water partition coefficient (Wildman–Crippen LogP) is 1.25. The molecule has 0 saturated carbocycles. The third kappa shape index (κ3) is 5.77. The molecule has 3 N–H and O–H groups in total. The van der Waals surface area contributed by atoms with Gasteiger partial charge in [-0.15, -0.1) is 0 Å². The van der Waals surface area contributed by atoms with Gasteiger partial charge in [0.25, 0.3) is 5.91 Å². The second-order valence-electron chi connectivity index (χ2n) is 5.26. The number of aromatic hydroxyl groups is 1. The molecule has 0 aliphatic carbocycles. The van der Waals surface area contributed by atoms with Crippen molar-refractivity contribution < 1.29 is 23.1 Å². The van der Waals surface area contributed by atoms with E-state index >= 15 is 0 Å². The first kappa shape index (κ1) is 18.8. The average molecular weight is 364 g/mol. The summed E-state index contributed by atoms with van der Waals surface area (Å²) >= 11 is 0. The SMILES string of the molecule is CC(Oc1ccc(O)cc1)C(=O)NCCNS(=O)(=O)c1ccccc1. The number of phenols is 1. The van der Waals surface area contributed by atoms with Gasteiger partial charge >= 0.3 is 0 Å². The summed E-state index contributed by atoms with van der Waals surface area (Å²) in [5.74, 6) is 0.187. The number of amides is 1. The zero-order valence-corrected chi connectivity index (χ0v) is 14.5. The van der Waals surface area contributed by atoms with Gasteiger partial charge in [0.05, 0.1) is 4.90 Å². The smallest absolute Gasteiger partial charge is 0.260 e. The molecule has 1 atom stereocenters. The lowest BCUT2D eigenvalue weighted by Crippen LogP contribution is -2.40. The van der Waals surface area contributed by atoms with Gasteiger partial charge in [-0.3, -0.25) is 4.79 Å². The Labute approximate surface area is 146 Å². The van der Waals surface area contributed by atoms with Gasteiger partial charge in [-0.2, -0.15) is 0 Å². The molecule has 0 aliphatic heterocycles. The summed E-state index contributed by atoms with van der Waals surface area (Å²) in [4.78, 5) is 12.1. The quantitative estimate of drug-likeness (QED) is 0.612. The number of carbonyl (C=O) groups is 1. The number of phenolic OH excluding ortho intramolecular Hbond substituents is 1. The number of ether oxygens (including phenoxy) is 1. The van der Waals surface area contributed by atoms with Crippen LogP contribution >= 0.6 is 0 Å². The molecule has 0 aliphatic rings. The van der Waals surface area contributed by atoms with E-state index < -0.39 is 16.1 Å². The average Bonchev–Trinajstić information content (AvgIpc) is 2.61. The van der Waals surface area contributed by atoms with Crippen LogP contribution in [0.1, 0.15) is 6.92 Å². The second kappa shape index (κ2) is 8.50. The predicted molar refractivity (Wildman–Crippen MR) is 92.8 cm³/mol. The van der Waals surface area contributed by atoms with Crippen LogP contribution < -0.4 is 14.8 Å². The fourth-order valence-corrected chi connectivity index (χ4v) is 3.03. The summed E-state index contributed by atoms with van der Waals surface area (Å²) in [6.07, 6.45) is -0.754. The Hall–Kier alpha value is -2.58. The molecular formula is C17H20N2O5S. The molecule has 1 unspecified atom stereocenters. The number of hydrogen-bond acceptors (Lipinski definition) is 5. The molecule has 25 heavy (non-hydrogen) atoms. The van der Waals surface area contributed by atoms with Crippen molar-refractivity contribution in [1.82, 2.24) is 10.0 Å². The van der Waals surface area contributed by atoms with Gasteiger partial charge in [0.1, 0.15) is 11.5 Å². The minimum atomic E-state index is -3.59. The monoisotopic (exact) mass is 364 g/mol. The molecule has 2 aromatic carbocycles. The molecule has 0 radical (unpaired) electrons. The second-order valence-corrected chi connectivity index (χ2v) is 7.02. The minimum absolute atomic E-state index is 0.0644. The normalized spacial score (nSPS) is 12.4. The van der Waals surface area contributed by atoms with Crippen molar-refractivity contribution >= 4 is 15.9 Å². The van der Waals surface area contributed by atoms with Gasteiger partial charge in [0, 0.05) is 13.1 Å². The number of carbonyl (C=O) groups excluding carboxylic acids is 1. The summed E-state index contributed by atoms with van der Waals surface area (Å²) in [5.41, 5.74) is 0. The van der Waals surface area contributed by atoms with Crippen molar-refractivity contribution in [3.63, 3.8) is 0 Å². The van der Waals surface area contributed by atoms with Gasteiger partial charge in [0.2, 0.25) is 10.0 Å². The number of nitrogens with one attached hydrogen (secondary N) is 2.